The summed E-state index contributed by atoms with van der Waals surface area (Å²) in [6.07, 6.45) is 1.96. The Morgan fingerprint density at radius 3 is 2.73 bits per heavy atom. The SMILES string of the molecule is CC1c2cccn2-c2ccccc2CN1C(=O)Nc1ccc(F)cc1F. The third kappa shape index (κ3) is 2.73. The quantitative estimate of drug-likeness (QED) is 0.666. The number of halogens is 2. The molecule has 2 heterocycles. The number of carbonyl (C=O) groups is 1. The van der Waals surface area contributed by atoms with Gasteiger partial charge in [0.05, 0.1) is 24.0 Å². The summed E-state index contributed by atoms with van der Waals surface area (Å²) in [6, 6.07) is 14.2. The van der Waals surface area contributed by atoms with E-state index in [2.05, 4.69) is 9.88 Å². The van der Waals surface area contributed by atoms with Crippen LogP contribution in [-0.2, 0) is 6.54 Å². The minimum absolute atomic E-state index is 0.0449. The Bertz CT molecular complexity index is 983. The third-order valence-corrected chi connectivity index (χ3v) is 4.70. The normalized spacial score (nSPS) is 15.8. The number of anilines is 1. The Morgan fingerprint density at radius 1 is 1.12 bits per heavy atom. The molecule has 2 aromatic carbocycles. The Kier molecular flexibility index (Phi) is 3.95. The molecule has 0 spiro atoms. The maximum Gasteiger partial charge on any atom is 0.322 e. The lowest BCUT2D eigenvalue weighted by Gasteiger charge is -2.27. The van der Waals surface area contributed by atoms with Gasteiger partial charge in [-0.15, -0.1) is 0 Å². The Morgan fingerprint density at radius 2 is 1.92 bits per heavy atom. The van der Waals surface area contributed by atoms with Gasteiger partial charge in [0.1, 0.15) is 11.6 Å². The molecule has 26 heavy (non-hydrogen) atoms. The standard InChI is InChI=1S/C20H17F2N3O/c1-13-18-7-4-10-24(18)19-6-3-2-5-14(19)12-25(13)20(26)23-17-9-8-15(21)11-16(17)22/h2-11,13H,12H2,1H3,(H,23,26). The van der Waals surface area contributed by atoms with E-state index in [9.17, 15) is 13.6 Å². The molecule has 0 bridgehead atoms. The topological polar surface area (TPSA) is 37.3 Å². The van der Waals surface area contributed by atoms with Gasteiger partial charge in [-0.05, 0) is 42.8 Å². The number of fused-ring (bicyclic) bond motifs is 3. The number of amides is 2. The van der Waals surface area contributed by atoms with E-state index in [0.29, 0.717) is 6.54 Å². The molecule has 3 aromatic rings. The van der Waals surface area contributed by atoms with Crippen molar-refractivity contribution in [3.05, 3.63) is 83.7 Å². The van der Waals surface area contributed by atoms with E-state index in [0.717, 1.165) is 29.1 Å². The fourth-order valence-electron chi connectivity index (χ4n) is 3.34. The molecule has 2 amide bonds. The van der Waals surface area contributed by atoms with Gasteiger partial charge < -0.3 is 14.8 Å². The highest BCUT2D eigenvalue weighted by Crippen LogP contribution is 2.32. The van der Waals surface area contributed by atoms with Gasteiger partial charge in [0.15, 0.2) is 0 Å². The molecule has 1 unspecified atom stereocenters. The largest absolute Gasteiger partial charge is 0.322 e. The number of hydrogen-bond donors (Lipinski definition) is 1. The third-order valence-electron chi connectivity index (χ3n) is 4.70. The monoisotopic (exact) mass is 353 g/mol. The van der Waals surface area contributed by atoms with Crippen LogP contribution >= 0.6 is 0 Å². The summed E-state index contributed by atoms with van der Waals surface area (Å²) in [5.74, 6) is -1.49. The van der Waals surface area contributed by atoms with Gasteiger partial charge in [0, 0.05) is 18.0 Å². The van der Waals surface area contributed by atoms with Gasteiger partial charge in [0.25, 0.3) is 0 Å². The molecule has 0 aliphatic carbocycles. The van der Waals surface area contributed by atoms with Crippen LogP contribution in [0.5, 0.6) is 0 Å². The zero-order chi connectivity index (χ0) is 18.3. The molecule has 1 aromatic heterocycles. The number of carbonyl (C=O) groups excluding carboxylic acids is 1. The van der Waals surface area contributed by atoms with E-state index in [-0.39, 0.29) is 11.7 Å². The lowest BCUT2D eigenvalue weighted by molar-refractivity contribution is 0.189. The molecular formula is C20H17F2N3O. The first kappa shape index (κ1) is 16.3. The molecule has 1 N–H and O–H groups in total. The van der Waals surface area contributed by atoms with Gasteiger partial charge in [0.2, 0.25) is 0 Å². The fourth-order valence-corrected chi connectivity index (χ4v) is 3.34. The molecule has 0 saturated heterocycles. The minimum Gasteiger partial charge on any atom is -0.318 e. The number of aromatic nitrogens is 1. The van der Waals surface area contributed by atoms with Crippen LogP contribution in [0.4, 0.5) is 19.3 Å². The summed E-state index contributed by atoms with van der Waals surface area (Å²) in [7, 11) is 0. The van der Waals surface area contributed by atoms with E-state index < -0.39 is 17.7 Å². The van der Waals surface area contributed by atoms with Crippen LogP contribution < -0.4 is 5.32 Å². The van der Waals surface area contributed by atoms with Crippen LogP contribution in [0.3, 0.4) is 0 Å². The van der Waals surface area contributed by atoms with E-state index in [1.54, 1.807) is 4.90 Å². The van der Waals surface area contributed by atoms with Crippen molar-refractivity contribution in [1.82, 2.24) is 9.47 Å². The van der Waals surface area contributed by atoms with E-state index in [1.165, 1.54) is 6.07 Å². The van der Waals surface area contributed by atoms with E-state index in [4.69, 9.17) is 0 Å². The first-order chi connectivity index (χ1) is 12.5. The van der Waals surface area contributed by atoms with Crippen LogP contribution in [-0.4, -0.2) is 15.5 Å². The molecular weight excluding hydrogens is 336 g/mol. The molecule has 0 fully saturated rings. The van der Waals surface area contributed by atoms with Crippen molar-refractivity contribution in [2.24, 2.45) is 0 Å². The number of urea groups is 1. The molecule has 0 radical (unpaired) electrons. The lowest BCUT2D eigenvalue weighted by Crippen LogP contribution is -2.36. The van der Waals surface area contributed by atoms with Crippen molar-refractivity contribution in [3.8, 4) is 5.69 Å². The summed E-state index contributed by atoms with van der Waals surface area (Å²) < 4.78 is 29.1. The average Bonchev–Trinajstić information content (AvgIpc) is 3.07. The van der Waals surface area contributed by atoms with Gasteiger partial charge in [-0.1, -0.05) is 18.2 Å². The zero-order valence-electron chi connectivity index (χ0n) is 14.1. The van der Waals surface area contributed by atoms with Crippen LogP contribution in [0, 0.1) is 11.6 Å². The predicted octanol–water partition coefficient (Wildman–Crippen LogP) is 4.86. The van der Waals surface area contributed by atoms with Crippen LogP contribution in [0.2, 0.25) is 0 Å². The number of benzene rings is 2. The van der Waals surface area contributed by atoms with Crippen molar-refractivity contribution < 1.29 is 13.6 Å². The van der Waals surface area contributed by atoms with E-state index in [1.807, 2.05) is 49.5 Å². The van der Waals surface area contributed by atoms with Crippen molar-refractivity contribution in [1.29, 1.82) is 0 Å². The Labute approximate surface area is 149 Å². The summed E-state index contributed by atoms with van der Waals surface area (Å²) >= 11 is 0. The van der Waals surface area contributed by atoms with Gasteiger partial charge in [-0.25, -0.2) is 13.6 Å². The zero-order valence-corrected chi connectivity index (χ0v) is 14.1. The first-order valence-corrected chi connectivity index (χ1v) is 8.33. The molecule has 4 nitrogen and oxygen atoms in total. The highest BCUT2D eigenvalue weighted by Gasteiger charge is 2.28. The molecule has 1 aliphatic rings. The second-order valence-electron chi connectivity index (χ2n) is 6.29. The summed E-state index contributed by atoms with van der Waals surface area (Å²) in [5, 5.41) is 2.56. The smallest absolute Gasteiger partial charge is 0.318 e. The van der Waals surface area contributed by atoms with Gasteiger partial charge in [-0.3, -0.25) is 0 Å². The second-order valence-corrected chi connectivity index (χ2v) is 6.29. The predicted molar refractivity (Wildman–Crippen MR) is 95.1 cm³/mol. The molecule has 132 valence electrons. The minimum atomic E-state index is -0.801. The number of nitrogens with zero attached hydrogens (tertiary/aromatic N) is 2. The number of para-hydroxylation sites is 1. The van der Waals surface area contributed by atoms with Gasteiger partial charge >= 0.3 is 6.03 Å². The van der Waals surface area contributed by atoms with Crippen LogP contribution in [0.25, 0.3) is 5.69 Å². The van der Waals surface area contributed by atoms with Gasteiger partial charge in [-0.2, -0.15) is 0 Å². The highest BCUT2D eigenvalue weighted by atomic mass is 19.1. The van der Waals surface area contributed by atoms with E-state index >= 15 is 0 Å². The summed E-state index contributed by atoms with van der Waals surface area (Å²) in [6.45, 7) is 2.31. The Balaban J connectivity index is 1.70. The number of rotatable bonds is 1. The molecule has 1 atom stereocenters. The highest BCUT2D eigenvalue weighted by molar-refractivity contribution is 5.90. The van der Waals surface area contributed by atoms with Crippen molar-refractivity contribution in [3.63, 3.8) is 0 Å². The molecule has 4 rings (SSSR count). The van der Waals surface area contributed by atoms with Crippen LogP contribution in [0.15, 0.2) is 60.8 Å². The maximum absolute atomic E-state index is 13.9. The lowest BCUT2D eigenvalue weighted by atomic mass is 10.1. The molecule has 1 aliphatic heterocycles. The molecule has 6 heteroatoms. The summed E-state index contributed by atoms with van der Waals surface area (Å²) in [4.78, 5) is 14.5. The summed E-state index contributed by atoms with van der Waals surface area (Å²) in [5.41, 5.74) is 2.92. The number of nitrogens with one attached hydrogen (secondary N) is 1. The van der Waals surface area contributed by atoms with Crippen molar-refractivity contribution in [2.45, 2.75) is 19.5 Å². The molecule has 0 saturated carbocycles. The maximum atomic E-state index is 13.9. The van der Waals surface area contributed by atoms with Crippen molar-refractivity contribution >= 4 is 11.7 Å². The second kappa shape index (κ2) is 6.29. The average molecular weight is 353 g/mol. The fraction of sp³-hybridized carbons (Fsp3) is 0.150. The van der Waals surface area contributed by atoms with Crippen LogP contribution in [0.1, 0.15) is 24.2 Å². The van der Waals surface area contributed by atoms with Crippen molar-refractivity contribution in [2.75, 3.05) is 5.32 Å². The Hall–Kier alpha value is -3.15. The number of hydrogen-bond acceptors (Lipinski definition) is 1. The first-order valence-electron chi connectivity index (χ1n) is 8.33.